The molecule has 3 aromatic rings. The fourth-order valence-corrected chi connectivity index (χ4v) is 5.53. The van der Waals surface area contributed by atoms with Crippen LogP contribution >= 0.6 is 27.3 Å². The van der Waals surface area contributed by atoms with E-state index in [0.717, 1.165) is 11.1 Å². The summed E-state index contributed by atoms with van der Waals surface area (Å²) in [5, 5.41) is 0. The Morgan fingerprint density at radius 3 is 2.58 bits per heavy atom. The molecule has 0 bridgehead atoms. The zero-order chi connectivity index (χ0) is 27.4. The van der Waals surface area contributed by atoms with Crippen molar-refractivity contribution in [3.63, 3.8) is 0 Å². The molecule has 1 aliphatic heterocycles. The van der Waals surface area contributed by atoms with Gasteiger partial charge in [-0.3, -0.25) is 14.2 Å². The Morgan fingerprint density at radius 1 is 1.21 bits per heavy atom. The first kappa shape index (κ1) is 27.3. The number of nitrogens with zero attached hydrogens (tertiary/aromatic N) is 2. The van der Waals surface area contributed by atoms with Gasteiger partial charge in [0.15, 0.2) is 4.80 Å². The van der Waals surface area contributed by atoms with Crippen LogP contribution in [-0.2, 0) is 14.3 Å². The van der Waals surface area contributed by atoms with E-state index in [0.29, 0.717) is 43.2 Å². The van der Waals surface area contributed by atoms with Crippen LogP contribution in [0.25, 0.3) is 6.08 Å². The molecule has 2 aromatic carbocycles. The first-order valence-corrected chi connectivity index (χ1v) is 13.4. The fourth-order valence-electron chi connectivity index (χ4n) is 4.00. The van der Waals surface area contributed by atoms with E-state index in [1.54, 1.807) is 56.3 Å². The summed E-state index contributed by atoms with van der Waals surface area (Å²) in [6.45, 7) is 9.00. The van der Waals surface area contributed by atoms with Crippen LogP contribution in [0.3, 0.4) is 0 Å². The van der Waals surface area contributed by atoms with Crippen molar-refractivity contribution >= 4 is 45.3 Å². The van der Waals surface area contributed by atoms with E-state index < -0.39 is 18.0 Å². The number of allylic oxidation sites excluding steroid dienone is 1. The second-order valence-corrected chi connectivity index (χ2v) is 10.1. The lowest BCUT2D eigenvalue weighted by Gasteiger charge is -2.24. The molecule has 0 aliphatic carbocycles. The Kier molecular flexibility index (Phi) is 8.43. The molecule has 0 saturated heterocycles. The minimum absolute atomic E-state index is 0.194. The third-order valence-corrected chi connectivity index (χ3v) is 7.19. The van der Waals surface area contributed by atoms with Gasteiger partial charge < -0.3 is 14.2 Å². The summed E-state index contributed by atoms with van der Waals surface area (Å²) in [6, 6.07) is 11.6. The molecule has 196 valence electrons. The Hall–Kier alpha value is -3.76. The van der Waals surface area contributed by atoms with Crippen molar-refractivity contribution in [3.8, 4) is 11.5 Å². The van der Waals surface area contributed by atoms with E-state index >= 15 is 0 Å². The molecule has 38 heavy (non-hydrogen) atoms. The molecule has 0 spiro atoms. The predicted molar refractivity (Wildman–Crippen MR) is 148 cm³/mol. The van der Waals surface area contributed by atoms with Gasteiger partial charge in [-0.15, -0.1) is 0 Å². The SMILES string of the molecule is C=CCOc1ccc([C@@H]2C(C(=O)OCC)=C(C)N=c3sc(=Cc4ccc(OC(C)=O)c(Br)c4)c(=O)n32)cc1. The van der Waals surface area contributed by atoms with Gasteiger partial charge >= 0.3 is 11.9 Å². The van der Waals surface area contributed by atoms with E-state index in [4.69, 9.17) is 14.2 Å². The smallest absolute Gasteiger partial charge is 0.338 e. The predicted octanol–water partition coefficient (Wildman–Crippen LogP) is 4.05. The van der Waals surface area contributed by atoms with Crippen molar-refractivity contribution in [2.24, 2.45) is 4.99 Å². The van der Waals surface area contributed by atoms with Crippen molar-refractivity contribution in [1.82, 2.24) is 4.57 Å². The highest BCUT2D eigenvalue weighted by molar-refractivity contribution is 9.10. The van der Waals surface area contributed by atoms with Crippen LogP contribution in [0.15, 0.2) is 80.6 Å². The number of hydrogen-bond donors (Lipinski definition) is 0. The molecule has 10 heteroatoms. The van der Waals surface area contributed by atoms with Gasteiger partial charge in [0, 0.05) is 6.92 Å². The lowest BCUT2D eigenvalue weighted by Crippen LogP contribution is -2.39. The molecule has 1 atom stereocenters. The third-order valence-electron chi connectivity index (χ3n) is 5.59. The summed E-state index contributed by atoms with van der Waals surface area (Å²) in [5.74, 6) is 0.0680. The van der Waals surface area contributed by atoms with Crippen LogP contribution in [0.1, 0.15) is 37.9 Å². The highest BCUT2D eigenvalue weighted by Crippen LogP contribution is 2.32. The molecular formula is C28H25BrN2O6S. The summed E-state index contributed by atoms with van der Waals surface area (Å²) in [5.41, 5.74) is 1.94. The number of rotatable bonds is 8. The molecule has 0 amide bonds. The second kappa shape index (κ2) is 11.7. The largest absolute Gasteiger partial charge is 0.490 e. The number of ether oxygens (including phenoxy) is 3. The fraction of sp³-hybridized carbons (Fsp3) is 0.214. The first-order valence-electron chi connectivity index (χ1n) is 11.7. The summed E-state index contributed by atoms with van der Waals surface area (Å²) < 4.78 is 18.6. The maximum atomic E-state index is 13.7. The summed E-state index contributed by atoms with van der Waals surface area (Å²) >= 11 is 4.63. The highest BCUT2D eigenvalue weighted by atomic mass is 79.9. The monoisotopic (exact) mass is 596 g/mol. The van der Waals surface area contributed by atoms with Crippen molar-refractivity contribution in [1.29, 1.82) is 0 Å². The number of aromatic nitrogens is 1. The molecule has 1 aromatic heterocycles. The maximum Gasteiger partial charge on any atom is 0.338 e. The van der Waals surface area contributed by atoms with Gasteiger partial charge in [-0.1, -0.05) is 42.2 Å². The van der Waals surface area contributed by atoms with E-state index in [1.165, 1.54) is 22.8 Å². The minimum Gasteiger partial charge on any atom is -0.490 e. The standard InChI is InChI=1S/C28H25BrN2O6S/c1-5-13-36-20-10-8-19(9-11-20)25-24(27(34)35-6-2)16(3)30-28-31(25)26(33)23(38-28)15-18-7-12-22(21(29)14-18)37-17(4)32/h5,7-12,14-15,25H,1,6,13H2,2-4H3/t25-/m1/s1. The average molecular weight is 597 g/mol. The van der Waals surface area contributed by atoms with Crippen molar-refractivity contribution < 1.29 is 23.8 Å². The number of halogens is 1. The minimum atomic E-state index is -0.723. The lowest BCUT2D eigenvalue weighted by molar-refractivity contribution is -0.139. The number of thiazole rings is 1. The number of carbonyl (C=O) groups is 2. The number of benzene rings is 2. The molecule has 0 saturated carbocycles. The van der Waals surface area contributed by atoms with E-state index in [1.807, 2.05) is 12.1 Å². The number of hydrogen-bond acceptors (Lipinski definition) is 8. The van der Waals surface area contributed by atoms with Crippen LogP contribution in [0.2, 0.25) is 0 Å². The molecule has 1 aliphatic rings. The Balaban J connectivity index is 1.84. The average Bonchev–Trinajstić information content (AvgIpc) is 3.18. The van der Waals surface area contributed by atoms with Crippen molar-refractivity contribution in [3.05, 3.63) is 102 Å². The van der Waals surface area contributed by atoms with Crippen LogP contribution in [-0.4, -0.2) is 29.7 Å². The zero-order valence-corrected chi connectivity index (χ0v) is 23.4. The quantitative estimate of drug-likeness (QED) is 0.221. The summed E-state index contributed by atoms with van der Waals surface area (Å²) in [7, 11) is 0. The topological polar surface area (TPSA) is 96.2 Å². The number of esters is 2. The van der Waals surface area contributed by atoms with Crippen LogP contribution in [0, 0.1) is 0 Å². The number of carbonyl (C=O) groups excluding carboxylic acids is 2. The van der Waals surface area contributed by atoms with Crippen LogP contribution in [0.5, 0.6) is 11.5 Å². The Morgan fingerprint density at radius 2 is 1.95 bits per heavy atom. The molecule has 0 fully saturated rings. The van der Waals surface area contributed by atoms with Crippen LogP contribution in [0.4, 0.5) is 0 Å². The highest BCUT2D eigenvalue weighted by Gasteiger charge is 2.33. The first-order chi connectivity index (χ1) is 18.2. The Labute approximate surface area is 231 Å². The van der Waals surface area contributed by atoms with Gasteiger partial charge in [0.1, 0.15) is 18.1 Å². The maximum absolute atomic E-state index is 13.7. The van der Waals surface area contributed by atoms with Gasteiger partial charge in [-0.05, 0) is 71.2 Å². The van der Waals surface area contributed by atoms with Crippen molar-refractivity contribution in [2.75, 3.05) is 13.2 Å². The van der Waals surface area contributed by atoms with Gasteiger partial charge in [0.25, 0.3) is 5.56 Å². The van der Waals surface area contributed by atoms with Crippen molar-refractivity contribution in [2.45, 2.75) is 26.8 Å². The molecule has 8 nitrogen and oxygen atoms in total. The van der Waals surface area contributed by atoms with Gasteiger partial charge in [0.2, 0.25) is 0 Å². The molecular weight excluding hydrogens is 572 g/mol. The molecule has 4 rings (SSSR count). The van der Waals surface area contributed by atoms with Crippen LogP contribution < -0.4 is 24.4 Å². The van der Waals surface area contributed by atoms with Gasteiger partial charge in [-0.25, -0.2) is 9.79 Å². The molecule has 0 N–H and O–H groups in total. The van der Waals surface area contributed by atoms with Gasteiger partial charge in [0.05, 0.1) is 32.9 Å². The van der Waals surface area contributed by atoms with E-state index in [9.17, 15) is 14.4 Å². The molecule has 0 unspecified atom stereocenters. The second-order valence-electron chi connectivity index (χ2n) is 8.25. The number of fused-ring (bicyclic) bond motifs is 1. The Bertz CT molecular complexity index is 1620. The summed E-state index contributed by atoms with van der Waals surface area (Å²) in [6.07, 6.45) is 3.39. The van der Waals surface area contributed by atoms with E-state index in [-0.39, 0.29) is 12.2 Å². The lowest BCUT2D eigenvalue weighted by atomic mass is 9.96. The third kappa shape index (κ3) is 5.71. The zero-order valence-electron chi connectivity index (χ0n) is 21.0. The normalized spacial score (nSPS) is 14.9. The molecule has 0 radical (unpaired) electrons. The van der Waals surface area contributed by atoms with Gasteiger partial charge in [-0.2, -0.15) is 0 Å². The summed E-state index contributed by atoms with van der Waals surface area (Å²) in [4.78, 5) is 43.1. The molecule has 2 heterocycles. The van der Waals surface area contributed by atoms with E-state index in [2.05, 4.69) is 27.5 Å².